The summed E-state index contributed by atoms with van der Waals surface area (Å²) in [6.45, 7) is 5.45. The number of nitrogens with zero attached hydrogens (tertiary/aromatic N) is 5. The molecular weight excluding hydrogens is 271 g/mol. The Bertz CT molecular complexity index is 578. The molecule has 0 aliphatic heterocycles. The Hall–Kier alpha value is -1.86. The molecule has 2 heterocycles. The van der Waals surface area contributed by atoms with Crippen LogP contribution in [0.15, 0.2) is 12.1 Å². The zero-order valence-corrected chi connectivity index (χ0v) is 11.4. The van der Waals surface area contributed by atoms with Gasteiger partial charge in [-0.2, -0.15) is 17.7 Å². The second-order valence-corrected chi connectivity index (χ2v) is 4.42. The third-order valence-electron chi connectivity index (χ3n) is 2.99. The van der Waals surface area contributed by atoms with Crippen molar-refractivity contribution in [1.29, 1.82) is 0 Å². The second-order valence-electron chi connectivity index (χ2n) is 4.42. The molecule has 8 heteroatoms. The van der Waals surface area contributed by atoms with Gasteiger partial charge in [0.25, 0.3) is 5.82 Å². The zero-order chi connectivity index (χ0) is 14.8. The molecule has 0 atom stereocenters. The Balaban J connectivity index is 2.40. The van der Waals surface area contributed by atoms with Crippen molar-refractivity contribution in [3.05, 3.63) is 18.0 Å². The van der Waals surface area contributed by atoms with Crippen molar-refractivity contribution in [2.75, 3.05) is 18.0 Å². The van der Waals surface area contributed by atoms with Crippen molar-refractivity contribution in [2.45, 2.75) is 32.9 Å². The van der Waals surface area contributed by atoms with Gasteiger partial charge in [-0.05, 0) is 25.5 Å². The lowest BCUT2D eigenvalue weighted by atomic mass is 10.3. The van der Waals surface area contributed by atoms with E-state index in [9.17, 15) is 13.2 Å². The number of fused-ring (bicyclic) bond motifs is 1. The molecule has 20 heavy (non-hydrogen) atoms. The van der Waals surface area contributed by atoms with Crippen molar-refractivity contribution in [3.8, 4) is 0 Å². The molecule has 0 fully saturated rings. The van der Waals surface area contributed by atoms with Crippen molar-refractivity contribution in [3.63, 3.8) is 0 Å². The van der Waals surface area contributed by atoms with Crippen molar-refractivity contribution in [2.24, 2.45) is 0 Å². The lowest BCUT2D eigenvalue weighted by molar-refractivity contribution is -0.146. The SMILES string of the molecule is CCCCN(CC)c1ccc2nnc(C(F)(F)F)n2n1. The van der Waals surface area contributed by atoms with Crippen LogP contribution in [0.3, 0.4) is 0 Å². The Morgan fingerprint density at radius 3 is 2.55 bits per heavy atom. The molecule has 0 saturated heterocycles. The second kappa shape index (κ2) is 5.64. The molecule has 0 spiro atoms. The van der Waals surface area contributed by atoms with Gasteiger partial charge in [-0.1, -0.05) is 13.3 Å². The normalized spacial score (nSPS) is 12.1. The molecule has 2 aromatic heterocycles. The van der Waals surface area contributed by atoms with E-state index >= 15 is 0 Å². The number of unbranched alkanes of at least 4 members (excludes halogenated alkanes) is 1. The first kappa shape index (κ1) is 14.5. The number of hydrogen-bond donors (Lipinski definition) is 0. The van der Waals surface area contributed by atoms with Gasteiger partial charge in [0.15, 0.2) is 5.65 Å². The van der Waals surface area contributed by atoms with Gasteiger partial charge in [0, 0.05) is 13.1 Å². The van der Waals surface area contributed by atoms with E-state index in [-0.39, 0.29) is 5.65 Å². The van der Waals surface area contributed by atoms with Crippen molar-refractivity contribution >= 4 is 11.5 Å². The van der Waals surface area contributed by atoms with Gasteiger partial charge in [-0.15, -0.1) is 15.3 Å². The molecule has 110 valence electrons. The van der Waals surface area contributed by atoms with Crippen LogP contribution in [0.1, 0.15) is 32.5 Å². The summed E-state index contributed by atoms with van der Waals surface area (Å²) < 4.78 is 39.1. The molecule has 2 aromatic rings. The Labute approximate surface area is 114 Å². The summed E-state index contributed by atoms with van der Waals surface area (Å²) >= 11 is 0. The predicted octanol–water partition coefficient (Wildman–Crippen LogP) is 2.77. The fourth-order valence-electron chi connectivity index (χ4n) is 1.91. The van der Waals surface area contributed by atoms with Gasteiger partial charge in [0.2, 0.25) is 0 Å². The summed E-state index contributed by atoms with van der Waals surface area (Å²) in [4.78, 5) is 1.93. The van der Waals surface area contributed by atoms with Crippen LogP contribution in [0.5, 0.6) is 0 Å². The predicted molar refractivity (Wildman–Crippen MR) is 68.6 cm³/mol. The zero-order valence-electron chi connectivity index (χ0n) is 11.4. The lowest BCUT2D eigenvalue weighted by Gasteiger charge is -2.21. The maximum atomic E-state index is 12.8. The average molecular weight is 287 g/mol. The van der Waals surface area contributed by atoms with Crippen LogP contribution in [0.25, 0.3) is 5.65 Å². The van der Waals surface area contributed by atoms with Gasteiger partial charge in [0.1, 0.15) is 5.82 Å². The smallest absolute Gasteiger partial charge is 0.355 e. The van der Waals surface area contributed by atoms with Crippen LogP contribution >= 0.6 is 0 Å². The van der Waals surface area contributed by atoms with Crippen molar-refractivity contribution in [1.82, 2.24) is 19.8 Å². The molecule has 0 amide bonds. The largest absolute Gasteiger partial charge is 0.453 e. The molecule has 0 N–H and O–H groups in total. The van der Waals surface area contributed by atoms with Crippen LogP contribution < -0.4 is 4.90 Å². The number of alkyl halides is 3. The number of anilines is 1. The minimum Gasteiger partial charge on any atom is -0.355 e. The molecule has 2 rings (SSSR count). The third kappa shape index (κ3) is 2.83. The van der Waals surface area contributed by atoms with E-state index < -0.39 is 12.0 Å². The Morgan fingerprint density at radius 2 is 1.95 bits per heavy atom. The van der Waals surface area contributed by atoms with Crippen LogP contribution in [-0.4, -0.2) is 32.9 Å². The molecule has 0 aliphatic rings. The van der Waals surface area contributed by atoms with E-state index in [2.05, 4.69) is 22.2 Å². The van der Waals surface area contributed by atoms with E-state index in [1.54, 1.807) is 6.07 Å². The van der Waals surface area contributed by atoms with Crippen LogP contribution in [-0.2, 0) is 6.18 Å². The molecular formula is C12H16F3N5. The first-order valence-corrected chi connectivity index (χ1v) is 6.52. The van der Waals surface area contributed by atoms with Crippen LogP contribution in [0, 0.1) is 0 Å². The standard InChI is InChI=1S/C12H16F3N5/c1-3-5-8-19(4-2)10-7-6-9-16-17-11(12(13,14)15)20(9)18-10/h6-7H,3-5,8H2,1-2H3. The summed E-state index contributed by atoms with van der Waals surface area (Å²) in [5, 5.41) is 10.7. The van der Waals surface area contributed by atoms with E-state index in [0.29, 0.717) is 12.4 Å². The van der Waals surface area contributed by atoms with Gasteiger partial charge < -0.3 is 4.90 Å². The summed E-state index contributed by atoms with van der Waals surface area (Å²) in [6, 6.07) is 3.17. The average Bonchev–Trinajstić information content (AvgIpc) is 2.82. The minimum atomic E-state index is -4.56. The van der Waals surface area contributed by atoms with E-state index in [1.807, 2.05) is 11.8 Å². The highest BCUT2D eigenvalue weighted by Gasteiger charge is 2.37. The molecule has 5 nitrogen and oxygen atoms in total. The van der Waals surface area contributed by atoms with Gasteiger partial charge >= 0.3 is 6.18 Å². The fourth-order valence-corrected chi connectivity index (χ4v) is 1.91. The number of aromatic nitrogens is 4. The maximum absolute atomic E-state index is 12.8. The molecule has 0 saturated carbocycles. The third-order valence-corrected chi connectivity index (χ3v) is 2.99. The Kier molecular flexibility index (Phi) is 4.10. The fraction of sp³-hybridized carbons (Fsp3) is 0.583. The highest BCUT2D eigenvalue weighted by molar-refractivity contribution is 5.45. The topological polar surface area (TPSA) is 46.3 Å². The quantitative estimate of drug-likeness (QED) is 0.848. The summed E-state index contributed by atoms with van der Waals surface area (Å²) in [6.07, 6.45) is -2.59. The van der Waals surface area contributed by atoms with E-state index in [1.165, 1.54) is 6.07 Å². The molecule has 0 aliphatic carbocycles. The Morgan fingerprint density at radius 1 is 1.20 bits per heavy atom. The molecule has 0 unspecified atom stereocenters. The molecule has 0 aromatic carbocycles. The monoisotopic (exact) mass is 287 g/mol. The van der Waals surface area contributed by atoms with Gasteiger partial charge in [-0.25, -0.2) is 0 Å². The van der Waals surface area contributed by atoms with E-state index in [0.717, 1.165) is 23.9 Å². The van der Waals surface area contributed by atoms with Crippen molar-refractivity contribution < 1.29 is 13.2 Å². The molecule has 0 radical (unpaired) electrons. The minimum absolute atomic E-state index is 0.0904. The van der Waals surface area contributed by atoms with Gasteiger partial charge in [0.05, 0.1) is 0 Å². The summed E-state index contributed by atoms with van der Waals surface area (Å²) in [5.41, 5.74) is 0.0904. The first-order chi connectivity index (χ1) is 9.47. The number of hydrogen-bond acceptors (Lipinski definition) is 4. The van der Waals surface area contributed by atoms with Gasteiger partial charge in [-0.3, -0.25) is 0 Å². The maximum Gasteiger partial charge on any atom is 0.453 e. The summed E-state index contributed by atoms with van der Waals surface area (Å²) in [5.74, 6) is -0.598. The summed E-state index contributed by atoms with van der Waals surface area (Å²) in [7, 11) is 0. The van der Waals surface area contributed by atoms with Crippen LogP contribution in [0.4, 0.5) is 19.0 Å². The highest BCUT2D eigenvalue weighted by atomic mass is 19.4. The number of halogens is 3. The van der Waals surface area contributed by atoms with Crippen LogP contribution in [0.2, 0.25) is 0 Å². The first-order valence-electron chi connectivity index (χ1n) is 6.52. The molecule has 0 bridgehead atoms. The highest BCUT2D eigenvalue weighted by Crippen LogP contribution is 2.27. The number of rotatable bonds is 5. The van der Waals surface area contributed by atoms with E-state index in [4.69, 9.17) is 0 Å². The lowest BCUT2D eigenvalue weighted by Crippen LogP contribution is -2.26.